The molecule has 0 heterocycles. The summed E-state index contributed by atoms with van der Waals surface area (Å²) in [6.07, 6.45) is 2.21. The van der Waals surface area contributed by atoms with Crippen LogP contribution < -0.4 is 5.14 Å². The van der Waals surface area contributed by atoms with Crippen molar-refractivity contribution in [3.05, 3.63) is 27.7 Å². The minimum atomic E-state index is -4.00. The van der Waals surface area contributed by atoms with Crippen molar-refractivity contribution in [2.75, 3.05) is 13.6 Å². The number of amides is 1. The maximum atomic E-state index is 12.3. The van der Waals surface area contributed by atoms with E-state index in [0.29, 0.717) is 12.5 Å². The van der Waals surface area contributed by atoms with Gasteiger partial charge in [-0.2, -0.15) is 0 Å². The number of hydrogen-bond acceptors (Lipinski definition) is 3. The third kappa shape index (κ3) is 3.44. The molecule has 2 rings (SSSR count). The van der Waals surface area contributed by atoms with Gasteiger partial charge in [0.25, 0.3) is 5.91 Å². The van der Waals surface area contributed by atoms with E-state index in [4.69, 9.17) is 28.3 Å². The van der Waals surface area contributed by atoms with E-state index in [0.717, 1.165) is 18.9 Å². The third-order valence-corrected chi connectivity index (χ3v) is 4.82. The van der Waals surface area contributed by atoms with E-state index >= 15 is 0 Å². The van der Waals surface area contributed by atoms with Crippen molar-refractivity contribution in [3.63, 3.8) is 0 Å². The Kier molecular flexibility index (Phi) is 4.30. The maximum Gasteiger partial charge on any atom is 0.255 e. The first-order valence-corrected chi connectivity index (χ1v) is 8.27. The minimum Gasteiger partial charge on any atom is -0.341 e. The molecule has 1 fully saturated rings. The first-order valence-electron chi connectivity index (χ1n) is 5.97. The first-order chi connectivity index (χ1) is 9.20. The van der Waals surface area contributed by atoms with Crippen LogP contribution in [0.5, 0.6) is 0 Å². The van der Waals surface area contributed by atoms with E-state index in [2.05, 4.69) is 0 Å². The Labute approximate surface area is 127 Å². The van der Waals surface area contributed by atoms with Gasteiger partial charge in [-0.15, -0.1) is 0 Å². The van der Waals surface area contributed by atoms with Gasteiger partial charge in [-0.1, -0.05) is 23.2 Å². The minimum absolute atomic E-state index is 0.0863. The second-order valence-electron chi connectivity index (χ2n) is 4.94. The van der Waals surface area contributed by atoms with Crippen LogP contribution in [0, 0.1) is 5.92 Å². The molecule has 110 valence electrons. The van der Waals surface area contributed by atoms with E-state index in [-0.39, 0.29) is 26.4 Å². The molecule has 0 aliphatic heterocycles. The van der Waals surface area contributed by atoms with Crippen LogP contribution in [0.4, 0.5) is 0 Å². The Hall–Kier alpha value is -0.820. The first kappa shape index (κ1) is 15.6. The fourth-order valence-electron chi connectivity index (χ4n) is 1.89. The molecule has 8 heteroatoms. The van der Waals surface area contributed by atoms with Crippen LogP contribution in [-0.2, 0) is 10.0 Å². The van der Waals surface area contributed by atoms with Crippen LogP contribution in [-0.4, -0.2) is 32.8 Å². The number of halogens is 2. The van der Waals surface area contributed by atoms with Gasteiger partial charge in [0.15, 0.2) is 0 Å². The highest BCUT2D eigenvalue weighted by Gasteiger charge is 2.27. The largest absolute Gasteiger partial charge is 0.341 e. The second-order valence-corrected chi connectivity index (χ2v) is 7.28. The van der Waals surface area contributed by atoms with Gasteiger partial charge in [0.2, 0.25) is 10.0 Å². The van der Waals surface area contributed by atoms with Gasteiger partial charge in [-0.25, -0.2) is 13.6 Å². The lowest BCUT2D eigenvalue weighted by Gasteiger charge is -2.18. The molecule has 0 saturated heterocycles. The van der Waals surface area contributed by atoms with Gasteiger partial charge in [0.1, 0.15) is 4.90 Å². The summed E-state index contributed by atoms with van der Waals surface area (Å²) in [4.78, 5) is 13.5. The van der Waals surface area contributed by atoms with E-state index in [1.54, 1.807) is 7.05 Å². The van der Waals surface area contributed by atoms with Crippen LogP contribution in [0.15, 0.2) is 17.0 Å². The third-order valence-electron chi connectivity index (χ3n) is 3.13. The van der Waals surface area contributed by atoms with E-state index < -0.39 is 10.0 Å². The van der Waals surface area contributed by atoms with Crippen LogP contribution in [0.25, 0.3) is 0 Å². The van der Waals surface area contributed by atoms with Crippen LogP contribution in [0.3, 0.4) is 0 Å². The number of nitrogens with two attached hydrogens (primary N) is 1. The number of nitrogens with zero attached hydrogens (tertiary/aromatic N) is 1. The Morgan fingerprint density at radius 3 is 2.45 bits per heavy atom. The van der Waals surface area contributed by atoms with Gasteiger partial charge < -0.3 is 4.90 Å². The Bertz CT molecular complexity index is 657. The molecule has 0 spiro atoms. The number of rotatable bonds is 4. The highest BCUT2D eigenvalue weighted by atomic mass is 35.5. The standard InChI is InChI=1S/C12H14Cl2N2O3S/c1-16(6-7-2-3-7)12(17)8-4-11(20(15,18)19)10(14)5-9(8)13/h4-5,7H,2-3,6H2,1H3,(H2,15,18,19). The molecular formula is C12H14Cl2N2O3S. The molecule has 5 nitrogen and oxygen atoms in total. The molecule has 1 saturated carbocycles. The van der Waals surface area contributed by atoms with Gasteiger partial charge >= 0.3 is 0 Å². The monoisotopic (exact) mass is 336 g/mol. The predicted octanol–water partition coefficient (Wildman–Crippen LogP) is 2.12. The van der Waals surface area contributed by atoms with Gasteiger partial charge in [0.05, 0.1) is 15.6 Å². The van der Waals surface area contributed by atoms with Crippen molar-refractivity contribution < 1.29 is 13.2 Å². The van der Waals surface area contributed by atoms with Gasteiger partial charge in [-0.05, 0) is 30.9 Å². The fraction of sp³-hybridized carbons (Fsp3) is 0.417. The van der Waals surface area contributed by atoms with Crippen molar-refractivity contribution in [1.29, 1.82) is 0 Å². The highest BCUT2D eigenvalue weighted by molar-refractivity contribution is 7.89. The van der Waals surface area contributed by atoms with Crippen molar-refractivity contribution in [2.24, 2.45) is 11.1 Å². The number of hydrogen-bond donors (Lipinski definition) is 1. The summed E-state index contributed by atoms with van der Waals surface area (Å²) in [7, 11) is -2.35. The highest BCUT2D eigenvalue weighted by Crippen LogP contribution is 2.31. The normalized spacial score (nSPS) is 15.2. The number of carbonyl (C=O) groups is 1. The molecule has 1 aromatic carbocycles. The molecule has 1 aliphatic carbocycles. The summed E-state index contributed by atoms with van der Waals surface area (Å²) in [5.74, 6) is 0.177. The van der Waals surface area contributed by atoms with Gasteiger partial charge in [-0.3, -0.25) is 4.79 Å². The van der Waals surface area contributed by atoms with Crippen LogP contribution in [0.1, 0.15) is 23.2 Å². The zero-order valence-corrected chi connectivity index (χ0v) is 13.1. The zero-order valence-electron chi connectivity index (χ0n) is 10.8. The molecule has 1 aliphatic rings. The average Bonchev–Trinajstić information content (AvgIpc) is 3.10. The average molecular weight is 337 g/mol. The quantitative estimate of drug-likeness (QED) is 0.914. The predicted molar refractivity (Wildman–Crippen MR) is 77.5 cm³/mol. The number of carbonyl (C=O) groups excluding carboxylic acids is 1. The number of benzene rings is 1. The lowest BCUT2D eigenvalue weighted by atomic mass is 10.2. The summed E-state index contributed by atoms with van der Waals surface area (Å²) < 4.78 is 22.8. The van der Waals surface area contributed by atoms with Crippen molar-refractivity contribution in [3.8, 4) is 0 Å². The number of primary sulfonamides is 1. The fourth-order valence-corrected chi connectivity index (χ4v) is 3.29. The molecule has 0 bridgehead atoms. The summed E-state index contributed by atoms with van der Waals surface area (Å²) in [6, 6.07) is 2.35. The van der Waals surface area contributed by atoms with Crippen LogP contribution in [0.2, 0.25) is 10.0 Å². The Morgan fingerprint density at radius 1 is 1.35 bits per heavy atom. The lowest BCUT2D eigenvalue weighted by molar-refractivity contribution is 0.0788. The molecule has 2 N–H and O–H groups in total. The van der Waals surface area contributed by atoms with Crippen molar-refractivity contribution in [1.82, 2.24) is 4.90 Å². The smallest absolute Gasteiger partial charge is 0.255 e. The van der Waals surface area contributed by atoms with Crippen molar-refractivity contribution in [2.45, 2.75) is 17.7 Å². The molecule has 1 amide bonds. The zero-order chi connectivity index (χ0) is 15.1. The molecule has 0 aromatic heterocycles. The number of sulfonamides is 1. The summed E-state index contributed by atoms with van der Waals surface area (Å²) >= 11 is 11.8. The Morgan fingerprint density at radius 2 is 1.95 bits per heavy atom. The summed E-state index contributed by atoms with van der Waals surface area (Å²) in [5, 5.41) is 5.07. The molecule has 1 aromatic rings. The van der Waals surface area contributed by atoms with Crippen LogP contribution >= 0.6 is 23.2 Å². The second kappa shape index (κ2) is 5.52. The molecule has 0 unspecified atom stereocenters. The molecule has 0 radical (unpaired) electrons. The van der Waals surface area contributed by atoms with Gasteiger partial charge in [0, 0.05) is 13.6 Å². The molecule has 0 atom stereocenters. The van der Waals surface area contributed by atoms with E-state index in [9.17, 15) is 13.2 Å². The SMILES string of the molecule is CN(CC1CC1)C(=O)c1cc(S(N)(=O)=O)c(Cl)cc1Cl. The topological polar surface area (TPSA) is 80.5 Å². The molecule has 20 heavy (non-hydrogen) atoms. The summed E-state index contributed by atoms with van der Waals surface area (Å²) in [5.41, 5.74) is 0.0863. The molecular weight excluding hydrogens is 323 g/mol. The maximum absolute atomic E-state index is 12.3. The van der Waals surface area contributed by atoms with E-state index in [1.807, 2.05) is 0 Å². The van der Waals surface area contributed by atoms with E-state index in [1.165, 1.54) is 11.0 Å². The lowest BCUT2D eigenvalue weighted by Crippen LogP contribution is -2.29. The van der Waals surface area contributed by atoms with Crippen molar-refractivity contribution >= 4 is 39.1 Å². The Balaban J connectivity index is 2.37. The summed E-state index contributed by atoms with van der Waals surface area (Å²) in [6.45, 7) is 0.627.